The Morgan fingerprint density at radius 1 is 1.37 bits per heavy atom. The first-order valence-corrected chi connectivity index (χ1v) is 5.45. The summed E-state index contributed by atoms with van der Waals surface area (Å²) in [5.41, 5.74) is 5.62. The van der Waals surface area contributed by atoms with Crippen LogP contribution >= 0.6 is 49.6 Å². The zero-order chi connectivity index (χ0) is 10.7. The number of aromatic nitrogens is 2. The van der Waals surface area contributed by atoms with Crippen molar-refractivity contribution in [3.63, 3.8) is 0 Å². The van der Waals surface area contributed by atoms with Gasteiger partial charge in [-0.1, -0.05) is 0 Å². The second kappa shape index (κ2) is 12.0. The molecule has 0 aromatic carbocycles. The average molecular weight is 355 g/mol. The number of nitrogens with zero attached hydrogens (tertiary/aromatic N) is 3. The van der Waals surface area contributed by atoms with Crippen LogP contribution in [0, 0.1) is 0 Å². The number of nitrogens with two attached hydrogens (primary N) is 1. The number of halogens is 4. The topological polar surface area (TPSA) is 59.1 Å². The number of rotatable bonds is 3. The Balaban J connectivity index is -0.000000640. The van der Waals surface area contributed by atoms with E-state index in [-0.39, 0.29) is 49.6 Å². The summed E-state index contributed by atoms with van der Waals surface area (Å²) >= 11 is 0. The molecule has 3 N–H and O–H groups in total. The minimum Gasteiger partial charge on any atom is -0.337 e. The maximum atomic E-state index is 5.62. The van der Waals surface area contributed by atoms with E-state index in [2.05, 4.69) is 19.8 Å². The van der Waals surface area contributed by atoms with Crippen LogP contribution in [0.2, 0.25) is 0 Å². The van der Waals surface area contributed by atoms with Gasteiger partial charge in [0, 0.05) is 52.2 Å². The molecule has 1 fully saturated rings. The Kier molecular flexibility index (Phi) is 15.4. The van der Waals surface area contributed by atoms with Crippen molar-refractivity contribution in [2.24, 2.45) is 12.8 Å². The van der Waals surface area contributed by atoms with Gasteiger partial charge in [-0.3, -0.25) is 4.90 Å². The van der Waals surface area contributed by atoms with Crippen LogP contribution < -0.4 is 11.1 Å². The van der Waals surface area contributed by atoms with Crippen molar-refractivity contribution < 1.29 is 0 Å². The number of aryl methyl sites for hydroxylation is 1. The smallest absolute Gasteiger partial charge is 0.127 e. The van der Waals surface area contributed by atoms with E-state index >= 15 is 0 Å². The molecule has 0 radical (unpaired) electrons. The van der Waals surface area contributed by atoms with Crippen LogP contribution in [0.4, 0.5) is 0 Å². The quantitative estimate of drug-likeness (QED) is 0.850. The Bertz CT molecular complexity index is 321. The highest BCUT2D eigenvalue weighted by molar-refractivity contribution is 5.86. The maximum absolute atomic E-state index is 5.62. The molecule has 0 bridgehead atoms. The van der Waals surface area contributed by atoms with Crippen molar-refractivity contribution in [3.05, 3.63) is 18.2 Å². The second-order valence-corrected chi connectivity index (χ2v) is 3.94. The summed E-state index contributed by atoms with van der Waals surface area (Å²) in [5, 5.41) is 3.40. The fourth-order valence-corrected chi connectivity index (χ4v) is 2.13. The zero-order valence-corrected chi connectivity index (χ0v) is 14.1. The maximum Gasteiger partial charge on any atom is 0.127 e. The molecule has 1 unspecified atom stereocenters. The lowest BCUT2D eigenvalue weighted by Crippen LogP contribution is -2.48. The Labute approximate surface area is 139 Å². The Morgan fingerprint density at radius 2 is 2.05 bits per heavy atom. The van der Waals surface area contributed by atoms with Crippen molar-refractivity contribution in [1.82, 2.24) is 19.8 Å². The highest BCUT2D eigenvalue weighted by atomic mass is 35.5. The van der Waals surface area contributed by atoms with Crippen molar-refractivity contribution >= 4 is 49.6 Å². The van der Waals surface area contributed by atoms with E-state index in [1.54, 1.807) is 0 Å². The van der Waals surface area contributed by atoms with Crippen LogP contribution in [0.15, 0.2) is 12.4 Å². The number of piperazine rings is 1. The summed E-state index contributed by atoms with van der Waals surface area (Å²) in [6.07, 6.45) is 3.84. The predicted octanol–water partition coefficient (Wildman–Crippen LogP) is 1.01. The van der Waals surface area contributed by atoms with Gasteiger partial charge in [-0.25, -0.2) is 4.98 Å². The van der Waals surface area contributed by atoms with E-state index in [0.29, 0.717) is 12.6 Å². The Hall–Kier alpha value is 0.250. The third kappa shape index (κ3) is 6.04. The van der Waals surface area contributed by atoms with Crippen LogP contribution in [0.25, 0.3) is 0 Å². The summed E-state index contributed by atoms with van der Waals surface area (Å²) in [7, 11) is 2.04. The van der Waals surface area contributed by atoms with E-state index in [1.165, 1.54) is 0 Å². The Morgan fingerprint density at radius 3 is 2.58 bits per heavy atom. The molecule has 1 aromatic rings. The van der Waals surface area contributed by atoms with Gasteiger partial charge in [-0.2, -0.15) is 0 Å². The summed E-state index contributed by atoms with van der Waals surface area (Å²) in [6.45, 7) is 4.71. The van der Waals surface area contributed by atoms with Crippen LogP contribution in [-0.2, 0) is 7.05 Å². The van der Waals surface area contributed by atoms with E-state index in [1.807, 2.05) is 19.4 Å². The molecule has 1 saturated heterocycles. The van der Waals surface area contributed by atoms with Gasteiger partial charge in [0.05, 0.1) is 6.04 Å². The number of nitrogens with one attached hydrogen (secondary N) is 1. The van der Waals surface area contributed by atoms with Gasteiger partial charge >= 0.3 is 0 Å². The van der Waals surface area contributed by atoms with Gasteiger partial charge in [0.1, 0.15) is 5.82 Å². The minimum absolute atomic E-state index is 0. The monoisotopic (exact) mass is 353 g/mol. The van der Waals surface area contributed by atoms with Crippen molar-refractivity contribution in [1.29, 1.82) is 0 Å². The van der Waals surface area contributed by atoms with Gasteiger partial charge in [0.2, 0.25) is 0 Å². The van der Waals surface area contributed by atoms with Crippen LogP contribution in [0.3, 0.4) is 0 Å². The van der Waals surface area contributed by atoms with Crippen molar-refractivity contribution in [2.45, 2.75) is 6.04 Å². The molecule has 116 valence electrons. The average Bonchev–Trinajstić information content (AvgIpc) is 2.66. The molecule has 2 rings (SSSR count). The third-order valence-corrected chi connectivity index (χ3v) is 2.93. The molecule has 5 nitrogen and oxygen atoms in total. The second-order valence-electron chi connectivity index (χ2n) is 3.94. The zero-order valence-electron chi connectivity index (χ0n) is 10.8. The third-order valence-electron chi connectivity index (χ3n) is 2.93. The molecule has 0 saturated carbocycles. The molecular formula is C10H23Cl4N5. The van der Waals surface area contributed by atoms with Gasteiger partial charge in [0.25, 0.3) is 0 Å². The molecule has 9 heteroatoms. The fraction of sp³-hybridized carbons (Fsp3) is 0.700. The molecule has 19 heavy (non-hydrogen) atoms. The standard InChI is InChI=1S/C10H19N5.4ClH/c1-14-6-4-13-10(14)9-8-12-3-7-15(9)5-2-11;;;;/h4,6,9,12H,2-3,5,7-8,11H2,1H3;4*1H. The van der Waals surface area contributed by atoms with E-state index in [4.69, 9.17) is 5.73 Å². The summed E-state index contributed by atoms with van der Waals surface area (Å²) in [5.74, 6) is 1.12. The molecule has 1 atom stereocenters. The lowest BCUT2D eigenvalue weighted by molar-refractivity contribution is 0.157. The van der Waals surface area contributed by atoms with Gasteiger partial charge in [-0.05, 0) is 0 Å². The molecule has 0 aliphatic carbocycles. The first kappa shape index (κ1) is 24.3. The highest BCUT2D eigenvalue weighted by Crippen LogP contribution is 2.19. The van der Waals surface area contributed by atoms with Gasteiger partial charge in [-0.15, -0.1) is 49.6 Å². The molecular weight excluding hydrogens is 332 g/mol. The van der Waals surface area contributed by atoms with Crippen molar-refractivity contribution in [2.75, 3.05) is 32.7 Å². The highest BCUT2D eigenvalue weighted by Gasteiger charge is 2.25. The fourth-order valence-electron chi connectivity index (χ4n) is 2.13. The van der Waals surface area contributed by atoms with Crippen LogP contribution in [0.5, 0.6) is 0 Å². The van der Waals surface area contributed by atoms with Crippen LogP contribution in [0.1, 0.15) is 11.9 Å². The molecule has 1 aliphatic rings. The van der Waals surface area contributed by atoms with Gasteiger partial charge in [0.15, 0.2) is 0 Å². The molecule has 1 aromatic heterocycles. The molecule has 1 aliphatic heterocycles. The number of imidazole rings is 1. The first-order chi connectivity index (χ1) is 7.33. The number of hydrogen-bond acceptors (Lipinski definition) is 4. The SMILES string of the molecule is Cl.Cl.Cl.Cl.Cn1ccnc1C1CNCCN1CCN. The summed E-state index contributed by atoms with van der Waals surface area (Å²) in [4.78, 5) is 6.81. The summed E-state index contributed by atoms with van der Waals surface area (Å²) in [6, 6.07) is 0.363. The molecule has 2 heterocycles. The van der Waals surface area contributed by atoms with E-state index in [0.717, 1.165) is 32.0 Å². The van der Waals surface area contributed by atoms with Gasteiger partial charge < -0.3 is 15.6 Å². The predicted molar refractivity (Wildman–Crippen MR) is 88.4 cm³/mol. The molecule has 0 amide bonds. The lowest BCUT2D eigenvalue weighted by Gasteiger charge is -2.35. The van der Waals surface area contributed by atoms with E-state index in [9.17, 15) is 0 Å². The van der Waals surface area contributed by atoms with Crippen molar-refractivity contribution in [3.8, 4) is 0 Å². The minimum atomic E-state index is 0. The number of hydrogen-bond donors (Lipinski definition) is 2. The lowest BCUT2D eigenvalue weighted by atomic mass is 10.2. The normalized spacial score (nSPS) is 18.3. The largest absolute Gasteiger partial charge is 0.337 e. The first-order valence-electron chi connectivity index (χ1n) is 5.45. The van der Waals surface area contributed by atoms with Crippen LogP contribution in [-0.4, -0.2) is 47.2 Å². The van der Waals surface area contributed by atoms with E-state index < -0.39 is 0 Å². The molecule has 0 spiro atoms. The summed E-state index contributed by atoms with van der Waals surface area (Å²) < 4.78 is 2.08.